The fraction of sp³-hybridized carbons (Fsp3) is 0.800. The van der Waals surface area contributed by atoms with E-state index in [9.17, 15) is 9.59 Å². The van der Waals surface area contributed by atoms with Crippen LogP contribution in [0, 0.1) is 0 Å². The first-order chi connectivity index (χ1) is 7.00. The molecule has 0 aromatic carbocycles. The smallest absolute Gasteiger partial charge is 0.324 e. The van der Waals surface area contributed by atoms with E-state index in [0.29, 0.717) is 13.2 Å². The van der Waals surface area contributed by atoms with Gasteiger partial charge in [0.25, 0.3) is 5.91 Å². The Bertz CT molecular complexity index is 263. The largest absolute Gasteiger partial charge is 0.385 e. The van der Waals surface area contributed by atoms with Gasteiger partial charge in [0.1, 0.15) is 5.54 Å². The highest BCUT2D eigenvalue weighted by Gasteiger charge is 2.44. The highest BCUT2D eigenvalue weighted by molar-refractivity contribution is 6.06. The highest BCUT2D eigenvalue weighted by Crippen LogP contribution is 2.21. The van der Waals surface area contributed by atoms with Crippen LogP contribution in [0.1, 0.15) is 26.7 Å². The summed E-state index contributed by atoms with van der Waals surface area (Å²) in [5, 5.41) is 2.31. The first-order valence-corrected chi connectivity index (χ1v) is 5.12. The first kappa shape index (κ1) is 12.0. The second kappa shape index (κ2) is 4.61. The molecule has 0 unspecified atom stereocenters. The molecular formula is C10H18N2O3. The molecule has 0 aromatic rings. The summed E-state index contributed by atoms with van der Waals surface area (Å²) in [6.45, 7) is 4.78. The average molecular weight is 214 g/mol. The molecule has 0 saturated carbocycles. The molecule has 0 bridgehead atoms. The summed E-state index contributed by atoms with van der Waals surface area (Å²) in [4.78, 5) is 24.4. The van der Waals surface area contributed by atoms with Gasteiger partial charge < -0.3 is 9.64 Å². The van der Waals surface area contributed by atoms with E-state index in [-0.39, 0.29) is 11.9 Å². The lowest BCUT2D eigenvalue weighted by Gasteiger charge is -2.27. The predicted molar refractivity (Wildman–Crippen MR) is 55.4 cm³/mol. The standard InChI is InChI=1S/C10H18N2O3/c1-10(2)8(13)11-9(14)12(10)6-4-5-7-15-3/h4-7H2,1-3H3,(H,11,13,14). The molecule has 1 N–H and O–H groups in total. The third-order valence-electron chi connectivity index (χ3n) is 2.68. The summed E-state index contributed by atoms with van der Waals surface area (Å²) < 4.78 is 4.92. The molecule has 0 atom stereocenters. The van der Waals surface area contributed by atoms with Gasteiger partial charge in [-0.1, -0.05) is 0 Å². The van der Waals surface area contributed by atoms with Crippen molar-refractivity contribution in [3.8, 4) is 0 Å². The van der Waals surface area contributed by atoms with Crippen LogP contribution in [-0.2, 0) is 9.53 Å². The number of methoxy groups -OCH3 is 1. The maximum absolute atomic E-state index is 11.4. The summed E-state index contributed by atoms with van der Waals surface area (Å²) >= 11 is 0. The Labute approximate surface area is 89.8 Å². The molecule has 1 heterocycles. The molecule has 0 radical (unpaired) electrons. The van der Waals surface area contributed by atoms with Crippen LogP contribution in [0.15, 0.2) is 0 Å². The molecule has 15 heavy (non-hydrogen) atoms. The number of rotatable bonds is 5. The van der Waals surface area contributed by atoms with Crippen molar-refractivity contribution < 1.29 is 14.3 Å². The Morgan fingerprint density at radius 2 is 2.00 bits per heavy atom. The molecule has 0 spiro atoms. The second-order valence-corrected chi connectivity index (χ2v) is 4.17. The number of carbonyl (C=O) groups is 2. The topological polar surface area (TPSA) is 58.6 Å². The van der Waals surface area contributed by atoms with Gasteiger partial charge >= 0.3 is 6.03 Å². The fourth-order valence-corrected chi connectivity index (χ4v) is 1.59. The fourth-order valence-electron chi connectivity index (χ4n) is 1.59. The molecule has 1 saturated heterocycles. The van der Waals surface area contributed by atoms with Crippen molar-refractivity contribution in [1.29, 1.82) is 0 Å². The van der Waals surface area contributed by atoms with Gasteiger partial charge in [-0.3, -0.25) is 10.1 Å². The van der Waals surface area contributed by atoms with E-state index < -0.39 is 5.54 Å². The Morgan fingerprint density at radius 1 is 1.33 bits per heavy atom. The van der Waals surface area contributed by atoms with Gasteiger partial charge in [-0.15, -0.1) is 0 Å². The number of amides is 3. The molecule has 3 amide bonds. The number of imide groups is 1. The van der Waals surface area contributed by atoms with Crippen LogP contribution in [0.3, 0.4) is 0 Å². The zero-order valence-electron chi connectivity index (χ0n) is 9.50. The number of carbonyl (C=O) groups excluding carboxylic acids is 2. The quantitative estimate of drug-likeness (QED) is 0.542. The summed E-state index contributed by atoms with van der Waals surface area (Å²) in [6.07, 6.45) is 1.74. The van der Waals surface area contributed by atoms with E-state index in [2.05, 4.69) is 5.32 Å². The third-order valence-corrected chi connectivity index (χ3v) is 2.68. The van der Waals surface area contributed by atoms with Crippen molar-refractivity contribution >= 4 is 11.9 Å². The molecule has 86 valence electrons. The lowest BCUT2D eigenvalue weighted by atomic mass is 10.0. The van der Waals surface area contributed by atoms with Crippen LogP contribution in [-0.4, -0.2) is 42.6 Å². The lowest BCUT2D eigenvalue weighted by Crippen LogP contribution is -2.44. The highest BCUT2D eigenvalue weighted by atomic mass is 16.5. The molecule has 0 aromatic heterocycles. The van der Waals surface area contributed by atoms with Gasteiger partial charge in [0.05, 0.1) is 0 Å². The van der Waals surface area contributed by atoms with Gasteiger partial charge in [0, 0.05) is 20.3 Å². The van der Waals surface area contributed by atoms with E-state index in [0.717, 1.165) is 12.8 Å². The SMILES string of the molecule is COCCCCN1C(=O)NC(=O)C1(C)C. The van der Waals surface area contributed by atoms with Crippen LogP contribution in [0.5, 0.6) is 0 Å². The summed E-state index contributed by atoms with van der Waals surface area (Å²) in [5.41, 5.74) is -0.718. The van der Waals surface area contributed by atoms with Gasteiger partial charge in [-0.05, 0) is 26.7 Å². The van der Waals surface area contributed by atoms with Crippen molar-refractivity contribution in [1.82, 2.24) is 10.2 Å². The lowest BCUT2D eigenvalue weighted by molar-refractivity contribution is -0.125. The minimum atomic E-state index is -0.718. The van der Waals surface area contributed by atoms with Crippen molar-refractivity contribution in [3.63, 3.8) is 0 Å². The minimum Gasteiger partial charge on any atom is -0.385 e. The molecule has 5 nitrogen and oxygen atoms in total. The maximum atomic E-state index is 11.4. The second-order valence-electron chi connectivity index (χ2n) is 4.17. The van der Waals surface area contributed by atoms with Crippen molar-refractivity contribution in [3.05, 3.63) is 0 Å². The number of hydrogen-bond acceptors (Lipinski definition) is 3. The van der Waals surface area contributed by atoms with E-state index in [1.54, 1.807) is 25.9 Å². The number of unbranched alkanes of at least 4 members (excludes halogenated alkanes) is 1. The monoisotopic (exact) mass is 214 g/mol. The first-order valence-electron chi connectivity index (χ1n) is 5.12. The van der Waals surface area contributed by atoms with Crippen LogP contribution in [0.2, 0.25) is 0 Å². The average Bonchev–Trinajstić information content (AvgIpc) is 2.34. The Morgan fingerprint density at radius 3 is 2.47 bits per heavy atom. The van der Waals surface area contributed by atoms with E-state index >= 15 is 0 Å². The molecule has 5 heteroatoms. The zero-order valence-corrected chi connectivity index (χ0v) is 9.50. The number of nitrogens with one attached hydrogen (secondary N) is 1. The van der Waals surface area contributed by atoms with Crippen molar-refractivity contribution in [2.75, 3.05) is 20.3 Å². The Balaban J connectivity index is 2.46. The zero-order chi connectivity index (χ0) is 11.5. The van der Waals surface area contributed by atoms with Gasteiger partial charge in [0.15, 0.2) is 0 Å². The van der Waals surface area contributed by atoms with Crippen LogP contribution >= 0.6 is 0 Å². The molecule has 0 aliphatic carbocycles. The van der Waals surface area contributed by atoms with E-state index in [1.807, 2.05) is 0 Å². The van der Waals surface area contributed by atoms with Crippen LogP contribution < -0.4 is 5.32 Å². The normalized spacial score (nSPS) is 19.5. The van der Waals surface area contributed by atoms with Crippen molar-refractivity contribution in [2.45, 2.75) is 32.2 Å². The number of nitrogens with zero attached hydrogens (tertiary/aromatic N) is 1. The molecular weight excluding hydrogens is 196 g/mol. The minimum absolute atomic E-state index is 0.223. The predicted octanol–water partition coefficient (Wildman–Crippen LogP) is 0.743. The Kier molecular flexibility index (Phi) is 3.68. The number of urea groups is 1. The van der Waals surface area contributed by atoms with Gasteiger partial charge in [0.2, 0.25) is 0 Å². The molecule has 1 aliphatic rings. The van der Waals surface area contributed by atoms with Crippen LogP contribution in [0.25, 0.3) is 0 Å². The van der Waals surface area contributed by atoms with Crippen LogP contribution in [0.4, 0.5) is 4.79 Å². The van der Waals surface area contributed by atoms with Crippen molar-refractivity contribution in [2.24, 2.45) is 0 Å². The summed E-state index contributed by atoms with van der Waals surface area (Å²) in [6, 6.07) is -0.289. The molecule has 1 fully saturated rings. The molecule has 1 aliphatic heterocycles. The number of ether oxygens (including phenoxy) is 1. The summed E-state index contributed by atoms with van der Waals surface area (Å²) in [5.74, 6) is -0.223. The third kappa shape index (κ3) is 2.47. The van der Waals surface area contributed by atoms with Gasteiger partial charge in [-0.25, -0.2) is 4.79 Å². The maximum Gasteiger partial charge on any atom is 0.324 e. The molecule has 1 rings (SSSR count). The van der Waals surface area contributed by atoms with E-state index in [4.69, 9.17) is 4.74 Å². The number of hydrogen-bond donors (Lipinski definition) is 1. The van der Waals surface area contributed by atoms with Gasteiger partial charge in [-0.2, -0.15) is 0 Å². The summed E-state index contributed by atoms with van der Waals surface area (Å²) in [7, 11) is 1.65. The van der Waals surface area contributed by atoms with E-state index in [1.165, 1.54) is 0 Å². The Hall–Kier alpha value is -1.10.